The fraction of sp³-hybridized carbons (Fsp3) is 0.286. The highest BCUT2D eigenvalue weighted by atomic mass is 32.2. The average molecular weight is 447 g/mol. The lowest BCUT2D eigenvalue weighted by molar-refractivity contribution is -0.141. The van der Waals surface area contributed by atoms with Crippen LogP contribution < -0.4 is 4.80 Å². The Labute approximate surface area is 178 Å². The molecule has 0 spiro atoms. The number of fused-ring (bicyclic) bond motifs is 1. The first kappa shape index (κ1) is 21.9. The Morgan fingerprint density at radius 1 is 1.13 bits per heavy atom. The largest absolute Gasteiger partial charge is 0.468 e. The molecule has 0 saturated heterocycles. The lowest BCUT2D eigenvalue weighted by Crippen LogP contribution is -2.22. The lowest BCUT2D eigenvalue weighted by atomic mass is 10.2. The van der Waals surface area contributed by atoms with Crippen molar-refractivity contribution in [2.24, 2.45) is 4.99 Å². The number of amides is 1. The molecule has 0 aliphatic rings. The highest BCUT2D eigenvalue weighted by Crippen LogP contribution is 2.21. The number of thiazole rings is 1. The van der Waals surface area contributed by atoms with E-state index in [1.165, 1.54) is 37.5 Å². The zero-order valence-electron chi connectivity index (χ0n) is 16.9. The van der Waals surface area contributed by atoms with E-state index < -0.39 is 21.7 Å². The summed E-state index contributed by atoms with van der Waals surface area (Å²) < 4.78 is 32.0. The van der Waals surface area contributed by atoms with Crippen LogP contribution in [-0.4, -0.2) is 37.7 Å². The number of sulfone groups is 1. The van der Waals surface area contributed by atoms with E-state index in [0.29, 0.717) is 4.80 Å². The molecule has 0 saturated carbocycles. The molecule has 158 valence electrons. The first-order valence-corrected chi connectivity index (χ1v) is 11.9. The number of aryl methyl sites for hydroxylation is 1. The van der Waals surface area contributed by atoms with Crippen molar-refractivity contribution in [3.63, 3.8) is 0 Å². The molecular formula is C21H22N2O5S2. The zero-order valence-corrected chi connectivity index (χ0v) is 18.5. The number of hydrogen-bond acceptors (Lipinski definition) is 6. The smallest absolute Gasteiger partial charge is 0.325 e. The average Bonchev–Trinajstić information content (AvgIpc) is 3.09. The molecule has 1 aromatic heterocycles. The van der Waals surface area contributed by atoms with Crippen LogP contribution in [0.5, 0.6) is 0 Å². The van der Waals surface area contributed by atoms with Gasteiger partial charge in [0.1, 0.15) is 6.54 Å². The summed E-state index contributed by atoms with van der Waals surface area (Å²) in [6.07, 6.45) is 0.846. The minimum atomic E-state index is -3.59. The van der Waals surface area contributed by atoms with E-state index in [0.717, 1.165) is 22.2 Å². The summed E-state index contributed by atoms with van der Waals surface area (Å²) in [5, 5.41) is 0. The number of carbonyl (C=O) groups excluding carboxylic acids is 2. The van der Waals surface area contributed by atoms with Gasteiger partial charge in [0.15, 0.2) is 14.6 Å². The van der Waals surface area contributed by atoms with Gasteiger partial charge in [-0.2, -0.15) is 4.99 Å². The minimum Gasteiger partial charge on any atom is -0.468 e. The van der Waals surface area contributed by atoms with Gasteiger partial charge in [0.05, 0.1) is 33.5 Å². The number of carbonyl (C=O) groups is 2. The maximum Gasteiger partial charge on any atom is 0.325 e. The normalized spacial score (nSPS) is 12.3. The Hall–Kier alpha value is -2.78. The van der Waals surface area contributed by atoms with Gasteiger partial charge in [0.25, 0.3) is 5.91 Å². The molecule has 3 aromatic rings. The summed E-state index contributed by atoms with van der Waals surface area (Å²) >= 11 is 1.27. The first-order valence-electron chi connectivity index (χ1n) is 9.40. The number of hydrogen-bond donors (Lipinski definition) is 0. The zero-order chi connectivity index (χ0) is 21.9. The maximum atomic E-state index is 13.0. The SMILES string of the molecule is CCc1ccc2c(c1)sc(=NC(=O)c1ccccc1S(=O)(=O)CC)n2CC(=O)OC. The number of esters is 1. The number of rotatable bonds is 6. The van der Waals surface area contributed by atoms with Crippen molar-refractivity contribution in [3.8, 4) is 0 Å². The topological polar surface area (TPSA) is 94.8 Å². The van der Waals surface area contributed by atoms with Gasteiger partial charge in [0, 0.05) is 0 Å². The molecule has 7 nitrogen and oxygen atoms in total. The Balaban J connectivity index is 2.20. The number of ether oxygens (including phenoxy) is 1. The Kier molecular flexibility index (Phi) is 6.52. The summed E-state index contributed by atoms with van der Waals surface area (Å²) in [5.41, 5.74) is 1.88. The number of methoxy groups -OCH3 is 1. The van der Waals surface area contributed by atoms with Crippen molar-refractivity contribution in [1.29, 1.82) is 0 Å². The molecule has 0 bridgehead atoms. The predicted octanol–water partition coefficient (Wildman–Crippen LogP) is 2.97. The summed E-state index contributed by atoms with van der Waals surface area (Å²) in [5.74, 6) is -1.27. The quantitative estimate of drug-likeness (QED) is 0.543. The van der Waals surface area contributed by atoms with Crippen LogP contribution in [0.1, 0.15) is 29.8 Å². The second-order valence-electron chi connectivity index (χ2n) is 6.52. The Morgan fingerprint density at radius 3 is 2.53 bits per heavy atom. The van der Waals surface area contributed by atoms with Crippen molar-refractivity contribution < 1.29 is 22.7 Å². The Bertz CT molecular complexity index is 1290. The van der Waals surface area contributed by atoms with Crippen molar-refractivity contribution >= 4 is 43.3 Å². The molecular weight excluding hydrogens is 424 g/mol. The molecule has 2 aromatic carbocycles. The molecule has 1 amide bonds. The molecule has 0 atom stereocenters. The minimum absolute atomic E-state index is 0.00988. The lowest BCUT2D eigenvalue weighted by Gasteiger charge is -2.06. The van der Waals surface area contributed by atoms with Crippen LogP contribution in [-0.2, 0) is 32.3 Å². The third kappa shape index (κ3) is 4.36. The highest BCUT2D eigenvalue weighted by Gasteiger charge is 2.21. The van der Waals surface area contributed by atoms with E-state index in [4.69, 9.17) is 4.74 Å². The third-order valence-electron chi connectivity index (χ3n) is 4.70. The Morgan fingerprint density at radius 2 is 1.87 bits per heavy atom. The molecule has 0 aliphatic carbocycles. The van der Waals surface area contributed by atoms with Gasteiger partial charge in [-0.05, 0) is 36.2 Å². The molecule has 9 heteroatoms. The molecule has 0 fully saturated rings. The standard InChI is InChI=1S/C21H22N2O5S2/c1-4-14-10-11-16-17(12-14)29-21(23(16)13-19(24)28-3)22-20(25)15-8-6-7-9-18(15)30(26,27)5-2/h6-12H,4-5,13H2,1-3H3. The van der Waals surface area contributed by atoms with E-state index in [-0.39, 0.29) is 22.8 Å². The molecule has 30 heavy (non-hydrogen) atoms. The number of benzene rings is 2. The molecule has 1 heterocycles. The van der Waals surface area contributed by atoms with Crippen LogP contribution in [0.3, 0.4) is 0 Å². The van der Waals surface area contributed by atoms with E-state index >= 15 is 0 Å². The van der Waals surface area contributed by atoms with Crippen LogP contribution in [0.4, 0.5) is 0 Å². The van der Waals surface area contributed by atoms with E-state index in [1.807, 2.05) is 25.1 Å². The molecule has 0 unspecified atom stereocenters. The summed E-state index contributed by atoms with van der Waals surface area (Å²) in [4.78, 5) is 29.3. The van der Waals surface area contributed by atoms with Gasteiger partial charge < -0.3 is 9.30 Å². The van der Waals surface area contributed by atoms with Gasteiger partial charge >= 0.3 is 5.97 Å². The van der Waals surface area contributed by atoms with Crippen LogP contribution in [0.2, 0.25) is 0 Å². The number of aromatic nitrogens is 1. The van der Waals surface area contributed by atoms with Gasteiger partial charge in [-0.1, -0.05) is 43.4 Å². The van der Waals surface area contributed by atoms with Gasteiger partial charge in [-0.3, -0.25) is 9.59 Å². The molecule has 3 rings (SSSR count). The van der Waals surface area contributed by atoms with E-state index in [2.05, 4.69) is 4.99 Å². The summed E-state index contributed by atoms with van der Waals surface area (Å²) in [7, 11) is -2.30. The van der Waals surface area contributed by atoms with Crippen LogP contribution in [0.25, 0.3) is 10.2 Å². The predicted molar refractivity (Wildman–Crippen MR) is 115 cm³/mol. The second-order valence-corrected chi connectivity index (χ2v) is 9.77. The van der Waals surface area contributed by atoms with Gasteiger partial charge in [-0.25, -0.2) is 8.42 Å². The molecule has 0 N–H and O–H groups in total. The summed E-state index contributed by atoms with van der Waals surface area (Å²) in [6.45, 7) is 3.45. The third-order valence-corrected chi connectivity index (χ3v) is 7.53. The fourth-order valence-electron chi connectivity index (χ4n) is 2.99. The fourth-order valence-corrected chi connectivity index (χ4v) is 5.17. The second kappa shape index (κ2) is 8.93. The summed E-state index contributed by atoms with van der Waals surface area (Å²) in [6, 6.07) is 11.8. The van der Waals surface area contributed by atoms with Gasteiger partial charge in [0.2, 0.25) is 0 Å². The van der Waals surface area contributed by atoms with Crippen LogP contribution in [0.15, 0.2) is 52.4 Å². The molecule has 0 aliphatic heterocycles. The van der Waals surface area contributed by atoms with Crippen molar-refractivity contribution in [2.45, 2.75) is 31.7 Å². The van der Waals surface area contributed by atoms with E-state index in [9.17, 15) is 18.0 Å². The van der Waals surface area contributed by atoms with Crippen molar-refractivity contribution in [2.75, 3.05) is 12.9 Å². The molecule has 0 radical (unpaired) electrons. The van der Waals surface area contributed by atoms with Crippen LogP contribution >= 0.6 is 11.3 Å². The van der Waals surface area contributed by atoms with E-state index in [1.54, 1.807) is 16.7 Å². The van der Waals surface area contributed by atoms with Crippen molar-refractivity contribution in [3.05, 3.63) is 58.4 Å². The number of nitrogens with zero attached hydrogens (tertiary/aromatic N) is 2. The van der Waals surface area contributed by atoms with Crippen molar-refractivity contribution in [1.82, 2.24) is 4.57 Å². The van der Waals surface area contributed by atoms with Crippen LogP contribution in [0, 0.1) is 0 Å². The maximum absolute atomic E-state index is 13.0. The highest BCUT2D eigenvalue weighted by molar-refractivity contribution is 7.91. The monoisotopic (exact) mass is 446 g/mol. The first-order chi connectivity index (χ1) is 14.3. The van der Waals surface area contributed by atoms with Gasteiger partial charge in [-0.15, -0.1) is 0 Å².